The minimum atomic E-state index is -0.178. The predicted molar refractivity (Wildman–Crippen MR) is 88.8 cm³/mol. The molecule has 1 amide bonds. The number of hydrogen-bond donors (Lipinski definition) is 0. The van der Waals surface area contributed by atoms with Crippen molar-refractivity contribution in [2.75, 3.05) is 7.05 Å². The van der Waals surface area contributed by atoms with E-state index in [2.05, 4.69) is 10.2 Å². The van der Waals surface area contributed by atoms with Crippen molar-refractivity contribution in [2.24, 2.45) is 7.05 Å². The zero-order valence-electron chi connectivity index (χ0n) is 13.7. The summed E-state index contributed by atoms with van der Waals surface area (Å²) in [5.41, 5.74) is 2.04. The largest absolute Gasteiger partial charge is 0.454 e. The maximum atomic E-state index is 12.5. The third-order valence-corrected chi connectivity index (χ3v) is 4.08. The van der Waals surface area contributed by atoms with E-state index in [1.165, 1.54) is 0 Å². The average Bonchev–Trinajstić information content (AvgIpc) is 3.25. The lowest BCUT2D eigenvalue weighted by molar-refractivity contribution is 0.0751. The fraction of sp³-hybridized carbons (Fsp3) is 0.312. The average molecular weight is 348 g/mol. The number of carbonyl (C=O) groups is 1. The first-order valence-corrected chi connectivity index (χ1v) is 7.81. The van der Waals surface area contributed by atoms with Crippen LogP contribution in [0.15, 0.2) is 35.1 Å². The second-order valence-corrected chi connectivity index (χ2v) is 6.10. The van der Waals surface area contributed by atoms with Crippen LogP contribution >= 0.6 is 11.6 Å². The molecule has 0 unspecified atom stereocenters. The maximum Gasteiger partial charge on any atom is 0.289 e. The topological polar surface area (TPSA) is 69.1 Å². The van der Waals surface area contributed by atoms with Gasteiger partial charge in [-0.25, -0.2) is 0 Å². The first-order chi connectivity index (χ1) is 11.4. The van der Waals surface area contributed by atoms with Crippen molar-refractivity contribution in [1.82, 2.24) is 24.5 Å². The van der Waals surface area contributed by atoms with Gasteiger partial charge in [-0.05, 0) is 19.1 Å². The van der Waals surface area contributed by atoms with E-state index in [-0.39, 0.29) is 5.91 Å². The molecule has 3 rings (SSSR count). The Balaban J connectivity index is 1.67. The molecule has 0 aliphatic carbocycles. The molecule has 0 saturated heterocycles. The highest BCUT2D eigenvalue weighted by atomic mass is 35.5. The van der Waals surface area contributed by atoms with Gasteiger partial charge in [-0.15, -0.1) is 0 Å². The second kappa shape index (κ2) is 6.52. The van der Waals surface area contributed by atoms with Crippen LogP contribution in [0.5, 0.6) is 0 Å². The van der Waals surface area contributed by atoms with Gasteiger partial charge in [-0.1, -0.05) is 11.6 Å². The lowest BCUT2D eigenvalue weighted by atomic mass is 10.2. The van der Waals surface area contributed by atoms with Crippen molar-refractivity contribution in [3.8, 4) is 0 Å². The summed E-state index contributed by atoms with van der Waals surface area (Å²) in [6, 6.07) is 3.45. The van der Waals surface area contributed by atoms with Gasteiger partial charge in [-0.2, -0.15) is 10.2 Å². The van der Waals surface area contributed by atoms with Gasteiger partial charge in [0.1, 0.15) is 5.76 Å². The highest BCUT2D eigenvalue weighted by Crippen LogP contribution is 2.15. The molecule has 3 aromatic rings. The highest BCUT2D eigenvalue weighted by Gasteiger charge is 2.18. The molecule has 0 radical (unpaired) electrons. The molecule has 0 spiro atoms. The van der Waals surface area contributed by atoms with Crippen molar-refractivity contribution < 1.29 is 9.21 Å². The number of carbonyl (C=O) groups excluding carboxylic acids is 1. The van der Waals surface area contributed by atoms with Gasteiger partial charge >= 0.3 is 0 Å². The monoisotopic (exact) mass is 347 g/mol. The zero-order chi connectivity index (χ0) is 17.3. The number of aryl methyl sites for hydroxylation is 1. The van der Waals surface area contributed by atoms with E-state index in [1.54, 1.807) is 52.0 Å². The number of hydrogen-bond acceptors (Lipinski definition) is 4. The quantitative estimate of drug-likeness (QED) is 0.711. The minimum absolute atomic E-state index is 0.178. The Morgan fingerprint density at radius 1 is 1.33 bits per heavy atom. The number of furan rings is 1. The fourth-order valence-electron chi connectivity index (χ4n) is 2.38. The van der Waals surface area contributed by atoms with Gasteiger partial charge in [0.2, 0.25) is 0 Å². The normalized spacial score (nSPS) is 11.0. The number of aromatic nitrogens is 4. The van der Waals surface area contributed by atoms with Gasteiger partial charge in [0, 0.05) is 38.1 Å². The van der Waals surface area contributed by atoms with Crippen molar-refractivity contribution >= 4 is 17.5 Å². The first-order valence-electron chi connectivity index (χ1n) is 7.43. The fourth-order valence-corrected chi connectivity index (χ4v) is 2.53. The summed E-state index contributed by atoms with van der Waals surface area (Å²) < 4.78 is 9.07. The van der Waals surface area contributed by atoms with Gasteiger partial charge < -0.3 is 9.32 Å². The van der Waals surface area contributed by atoms with Gasteiger partial charge in [0.05, 0.1) is 24.0 Å². The summed E-state index contributed by atoms with van der Waals surface area (Å²) in [5.74, 6) is 0.763. The van der Waals surface area contributed by atoms with Crippen molar-refractivity contribution in [2.45, 2.75) is 20.0 Å². The van der Waals surface area contributed by atoms with E-state index < -0.39 is 0 Å². The molecule has 0 fully saturated rings. The molecule has 0 aliphatic rings. The molecule has 0 aromatic carbocycles. The third-order valence-electron chi connectivity index (χ3n) is 3.88. The Labute approximate surface area is 144 Å². The van der Waals surface area contributed by atoms with Crippen LogP contribution in [0.3, 0.4) is 0 Å². The number of amides is 1. The number of rotatable bonds is 5. The van der Waals surface area contributed by atoms with Crippen LogP contribution < -0.4 is 0 Å². The summed E-state index contributed by atoms with van der Waals surface area (Å²) in [7, 11) is 3.62. The molecule has 7 nitrogen and oxygen atoms in total. The minimum Gasteiger partial charge on any atom is -0.454 e. The van der Waals surface area contributed by atoms with Crippen molar-refractivity contribution in [1.29, 1.82) is 0 Å². The Morgan fingerprint density at radius 2 is 2.12 bits per heavy atom. The van der Waals surface area contributed by atoms with Crippen LogP contribution in [0, 0.1) is 6.92 Å². The van der Waals surface area contributed by atoms with Gasteiger partial charge in [0.25, 0.3) is 5.91 Å². The Bertz CT molecular complexity index is 864. The lowest BCUT2D eigenvalue weighted by Gasteiger charge is -2.15. The van der Waals surface area contributed by atoms with E-state index in [1.807, 2.05) is 14.0 Å². The zero-order valence-corrected chi connectivity index (χ0v) is 14.5. The molecule has 24 heavy (non-hydrogen) atoms. The molecular formula is C16H18ClN5O2. The van der Waals surface area contributed by atoms with Gasteiger partial charge in [-0.3, -0.25) is 14.2 Å². The summed E-state index contributed by atoms with van der Waals surface area (Å²) in [4.78, 5) is 14.1. The van der Waals surface area contributed by atoms with E-state index in [4.69, 9.17) is 16.0 Å². The molecular weight excluding hydrogens is 330 g/mol. The molecule has 0 bridgehead atoms. The lowest BCUT2D eigenvalue weighted by Crippen LogP contribution is -2.26. The predicted octanol–water partition coefficient (Wildman–Crippen LogP) is 2.49. The van der Waals surface area contributed by atoms with Crippen LogP contribution in [0.1, 0.15) is 27.6 Å². The van der Waals surface area contributed by atoms with E-state index >= 15 is 0 Å². The van der Waals surface area contributed by atoms with Crippen LogP contribution in [0.4, 0.5) is 0 Å². The molecule has 3 aromatic heterocycles. The highest BCUT2D eigenvalue weighted by molar-refractivity contribution is 6.30. The summed E-state index contributed by atoms with van der Waals surface area (Å²) in [6.45, 7) is 2.87. The summed E-state index contributed by atoms with van der Waals surface area (Å²) in [5, 5.41) is 8.84. The maximum absolute atomic E-state index is 12.5. The standard InChI is InChI=1S/C16H18ClN5O2/c1-11-12(6-18-21(11)3)8-20(2)16(23)15-5-4-14(24-15)10-22-9-13(17)7-19-22/h4-7,9H,8,10H2,1-3H3. The van der Waals surface area contributed by atoms with E-state index in [0.717, 1.165) is 11.3 Å². The van der Waals surface area contributed by atoms with Crippen LogP contribution in [-0.2, 0) is 20.1 Å². The molecule has 126 valence electrons. The Kier molecular flexibility index (Phi) is 4.44. The second-order valence-electron chi connectivity index (χ2n) is 5.66. The molecule has 3 heterocycles. The van der Waals surface area contributed by atoms with Crippen molar-refractivity contribution in [3.63, 3.8) is 0 Å². The first kappa shape index (κ1) is 16.3. The SMILES string of the molecule is Cc1c(CN(C)C(=O)c2ccc(Cn3cc(Cl)cn3)o2)cnn1C. The smallest absolute Gasteiger partial charge is 0.289 e. The summed E-state index contributed by atoms with van der Waals surface area (Å²) in [6.07, 6.45) is 5.03. The Morgan fingerprint density at radius 3 is 2.75 bits per heavy atom. The molecule has 0 aliphatic heterocycles. The summed E-state index contributed by atoms with van der Waals surface area (Å²) >= 11 is 5.83. The van der Waals surface area contributed by atoms with Crippen LogP contribution in [0.25, 0.3) is 0 Å². The van der Waals surface area contributed by atoms with Crippen LogP contribution in [-0.4, -0.2) is 37.4 Å². The van der Waals surface area contributed by atoms with Crippen LogP contribution in [0.2, 0.25) is 5.02 Å². The van der Waals surface area contributed by atoms with Gasteiger partial charge in [0.15, 0.2) is 5.76 Å². The van der Waals surface area contributed by atoms with Crippen molar-refractivity contribution in [3.05, 3.63) is 58.5 Å². The Hall–Kier alpha value is -2.54. The molecule has 0 N–H and O–H groups in total. The van der Waals surface area contributed by atoms with E-state index in [9.17, 15) is 4.79 Å². The number of nitrogens with zero attached hydrogens (tertiary/aromatic N) is 5. The number of halogens is 1. The van der Waals surface area contributed by atoms with E-state index in [0.29, 0.717) is 29.6 Å². The molecule has 8 heteroatoms. The molecule has 0 atom stereocenters. The third kappa shape index (κ3) is 3.35. The molecule has 0 saturated carbocycles.